The van der Waals surface area contributed by atoms with Gasteiger partial charge < -0.3 is 4.90 Å². The first-order valence-corrected chi connectivity index (χ1v) is 6.48. The van der Waals surface area contributed by atoms with Crippen molar-refractivity contribution in [3.8, 4) is 0 Å². The Balaban J connectivity index is 1.68. The molecule has 0 spiro atoms. The molecule has 1 amide bonds. The number of amides is 1. The molecule has 1 aliphatic heterocycles. The van der Waals surface area contributed by atoms with Gasteiger partial charge in [0.05, 0.1) is 17.4 Å². The maximum Gasteiger partial charge on any atom is 0.219 e. The molecule has 2 aromatic heterocycles. The maximum absolute atomic E-state index is 11.3. The van der Waals surface area contributed by atoms with Crippen LogP contribution in [-0.4, -0.2) is 56.5 Å². The van der Waals surface area contributed by atoms with Gasteiger partial charge in [-0.25, -0.2) is 9.50 Å². The summed E-state index contributed by atoms with van der Waals surface area (Å²) in [6.07, 6.45) is 3.37. The van der Waals surface area contributed by atoms with Crippen LogP contribution in [0.2, 0.25) is 0 Å². The normalized spacial score (nSPS) is 17.0. The predicted molar refractivity (Wildman–Crippen MR) is 70.5 cm³/mol. The Morgan fingerprint density at radius 3 is 2.79 bits per heavy atom. The summed E-state index contributed by atoms with van der Waals surface area (Å²) in [6.45, 7) is 5.95. The van der Waals surface area contributed by atoms with Crippen molar-refractivity contribution < 1.29 is 4.79 Å². The zero-order valence-electron chi connectivity index (χ0n) is 11.0. The number of fused-ring (bicyclic) bond motifs is 1. The summed E-state index contributed by atoms with van der Waals surface area (Å²) < 4.78 is 1.92. The molecule has 0 saturated carbocycles. The van der Waals surface area contributed by atoms with E-state index in [0.717, 1.165) is 43.9 Å². The lowest BCUT2D eigenvalue weighted by Crippen LogP contribution is -2.47. The molecule has 0 radical (unpaired) electrons. The van der Waals surface area contributed by atoms with E-state index in [4.69, 9.17) is 0 Å². The third-order valence-corrected chi connectivity index (χ3v) is 3.61. The first-order chi connectivity index (χ1) is 9.24. The highest BCUT2D eigenvalue weighted by atomic mass is 16.2. The fraction of sp³-hybridized carbons (Fsp3) is 0.462. The van der Waals surface area contributed by atoms with E-state index in [-0.39, 0.29) is 5.91 Å². The molecule has 0 unspecified atom stereocenters. The number of hydrogen-bond donors (Lipinski definition) is 0. The molecule has 6 nitrogen and oxygen atoms in total. The van der Waals surface area contributed by atoms with Crippen molar-refractivity contribution in [2.45, 2.75) is 13.5 Å². The second-order valence-electron chi connectivity index (χ2n) is 4.85. The molecule has 0 aromatic carbocycles. The van der Waals surface area contributed by atoms with E-state index >= 15 is 0 Å². The number of carbonyl (C=O) groups is 1. The zero-order chi connectivity index (χ0) is 13.2. The van der Waals surface area contributed by atoms with Crippen LogP contribution in [-0.2, 0) is 11.3 Å². The van der Waals surface area contributed by atoms with Gasteiger partial charge in [0.15, 0.2) is 0 Å². The molecule has 3 heterocycles. The molecule has 19 heavy (non-hydrogen) atoms. The van der Waals surface area contributed by atoms with Gasteiger partial charge in [0.1, 0.15) is 6.33 Å². The zero-order valence-corrected chi connectivity index (χ0v) is 11.0. The van der Waals surface area contributed by atoms with Gasteiger partial charge in [-0.15, -0.1) is 0 Å². The average Bonchev–Trinajstić information content (AvgIpc) is 2.83. The number of rotatable bonds is 2. The molecule has 1 saturated heterocycles. The third-order valence-electron chi connectivity index (χ3n) is 3.61. The Morgan fingerprint density at radius 2 is 2.05 bits per heavy atom. The Morgan fingerprint density at radius 1 is 1.26 bits per heavy atom. The Kier molecular flexibility index (Phi) is 3.16. The number of nitrogens with zero attached hydrogens (tertiary/aromatic N) is 5. The van der Waals surface area contributed by atoms with E-state index in [1.54, 1.807) is 13.3 Å². The van der Waals surface area contributed by atoms with Gasteiger partial charge in [-0.1, -0.05) is 0 Å². The van der Waals surface area contributed by atoms with Crippen LogP contribution in [0.15, 0.2) is 24.7 Å². The highest BCUT2D eigenvalue weighted by Gasteiger charge is 2.19. The van der Waals surface area contributed by atoms with Gasteiger partial charge >= 0.3 is 0 Å². The van der Waals surface area contributed by atoms with E-state index in [1.165, 1.54) is 0 Å². The Hall–Kier alpha value is -1.95. The molecular weight excluding hydrogens is 242 g/mol. The highest BCUT2D eigenvalue weighted by Crippen LogP contribution is 2.11. The average molecular weight is 259 g/mol. The SMILES string of the molecule is CC(=O)N1CCN(Cc2ccc3cncnn23)CC1. The topological polar surface area (TPSA) is 53.7 Å². The lowest BCUT2D eigenvalue weighted by atomic mass is 10.3. The molecule has 1 aliphatic rings. The van der Waals surface area contributed by atoms with Crippen molar-refractivity contribution in [3.05, 3.63) is 30.4 Å². The van der Waals surface area contributed by atoms with Crippen molar-refractivity contribution in [2.24, 2.45) is 0 Å². The van der Waals surface area contributed by atoms with Crippen LogP contribution < -0.4 is 0 Å². The van der Waals surface area contributed by atoms with Crippen molar-refractivity contribution in [2.75, 3.05) is 26.2 Å². The first kappa shape index (κ1) is 12.1. The van der Waals surface area contributed by atoms with Gasteiger partial charge in [-0.2, -0.15) is 5.10 Å². The van der Waals surface area contributed by atoms with Gasteiger partial charge in [0, 0.05) is 39.6 Å². The molecule has 0 N–H and O–H groups in total. The van der Waals surface area contributed by atoms with Crippen LogP contribution >= 0.6 is 0 Å². The number of aromatic nitrogens is 3. The van der Waals surface area contributed by atoms with E-state index in [9.17, 15) is 4.79 Å². The summed E-state index contributed by atoms with van der Waals surface area (Å²) in [6, 6.07) is 4.11. The molecule has 0 aliphatic carbocycles. The minimum absolute atomic E-state index is 0.167. The largest absolute Gasteiger partial charge is 0.340 e. The van der Waals surface area contributed by atoms with E-state index in [2.05, 4.69) is 21.0 Å². The van der Waals surface area contributed by atoms with Crippen LogP contribution in [0.1, 0.15) is 12.6 Å². The monoisotopic (exact) mass is 259 g/mol. The third kappa shape index (κ3) is 2.44. The van der Waals surface area contributed by atoms with Crippen LogP contribution in [0.25, 0.3) is 5.52 Å². The lowest BCUT2D eigenvalue weighted by Gasteiger charge is -2.33. The van der Waals surface area contributed by atoms with Crippen LogP contribution in [0.5, 0.6) is 0 Å². The predicted octanol–water partition coefficient (Wildman–Crippen LogP) is 0.393. The molecule has 1 fully saturated rings. The lowest BCUT2D eigenvalue weighted by molar-refractivity contribution is -0.130. The van der Waals surface area contributed by atoms with Crippen molar-refractivity contribution in [3.63, 3.8) is 0 Å². The molecule has 0 atom stereocenters. The minimum Gasteiger partial charge on any atom is -0.340 e. The van der Waals surface area contributed by atoms with Crippen molar-refractivity contribution >= 4 is 11.4 Å². The van der Waals surface area contributed by atoms with Crippen LogP contribution in [0.3, 0.4) is 0 Å². The molecule has 100 valence electrons. The fourth-order valence-electron chi connectivity index (χ4n) is 2.49. The first-order valence-electron chi connectivity index (χ1n) is 6.48. The second-order valence-corrected chi connectivity index (χ2v) is 4.85. The summed E-state index contributed by atoms with van der Waals surface area (Å²) in [7, 11) is 0. The van der Waals surface area contributed by atoms with E-state index in [1.807, 2.05) is 21.7 Å². The summed E-state index contributed by atoms with van der Waals surface area (Å²) in [5, 5.41) is 4.26. The molecule has 6 heteroatoms. The van der Waals surface area contributed by atoms with Gasteiger partial charge in [-0.05, 0) is 12.1 Å². The van der Waals surface area contributed by atoms with Crippen LogP contribution in [0, 0.1) is 0 Å². The number of carbonyl (C=O) groups excluding carboxylic acids is 1. The van der Waals surface area contributed by atoms with Gasteiger partial charge in [-0.3, -0.25) is 9.69 Å². The summed E-state index contributed by atoms with van der Waals surface area (Å²) in [5.41, 5.74) is 2.17. The molecule has 0 bridgehead atoms. The fourth-order valence-corrected chi connectivity index (χ4v) is 2.49. The minimum atomic E-state index is 0.167. The summed E-state index contributed by atoms with van der Waals surface area (Å²) >= 11 is 0. The smallest absolute Gasteiger partial charge is 0.219 e. The van der Waals surface area contributed by atoms with Crippen LogP contribution in [0.4, 0.5) is 0 Å². The quantitative estimate of drug-likeness (QED) is 0.783. The maximum atomic E-state index is 11.3. The Bertz CT molecular complexity index is 585. The van der Waals surface area contributed by atoms with Gasteiger partial charge in [0.2, 0.25) is 5.91 Å². The summed E-state index contributed by atoms with van der Waals surface area (Å²) in [4.78, 5) is 19.5. The Labute approximate surface area is 111 Å². The molecule has 3 rings (SSSR count). The number of piperazine rings is 1. The van der Waals surface area contributed by atoms with Gasteiger partial charge in [0.25, 0.3) is 0 Å². The number of hydrogen-bond acceptors (Lipinski definition) is 4. The van der Waals surface area contributed by atoms with Crippen molar-refractivity contribution in [1.82, 2.24) is 24.4 Å². The standard InChI is InChI=1S/C13H17N5O/c1-11(19)17-6-4-16(5-7-17)9-13-3-2-12-8-14-10-15-18(12)13/h2-3,8,10H,4-7,9H2,1H3. The van der Waals surface area contributed by atoms with E-state index < -0.39 is 0 Å². The molecule has 2 aromatic rings. The highest BCUT2D eigenvalue weighted by molar-refractivity contribution is 5.73. The van der Waals surface area contributed by atoms with Crippen molar-refractivity contribution in [1.29, 1.82) is 0 Å². The summed E-state index contributed by atoms with van der Waals surface area (Å²) in [5.74, 6) is 0.167. The second kappa shape index (κ2) is 4.97. The molecular formula is C13H17N5O. The van der Waals surface area contributed by atoms with E-state index in [0.29, 0.717) is 0 Å².